The monoisotopic (exact) mass is 474 g/mol. The summed E-state index contributed by atoms with van der Waals surface area (Å²) in [7, 11) is 0. The van der Waals surface area contributed by atoms with Gasteiger partial charge in [-0.3, -0.25) is 0 Å². The zero-order chi connectivity index (χ0) is 23.9. The van der Waals surface area contributed by atoms with Crippen molar-refractivity contribution in [1.29, 1.82) is 0 Å². The fourth-order valence-electron chi connectivity index (χ4n) is 4.85. The zero-order valence-corrected chi connectivity index (χ0v) is 20.2. The molecule has 0 spiro atoms. The second-order valence-electron chi connectivity index (χ2n) is 9.32. The summed E-state index contributed by atoms with van der Waals surface area (Å²) in [6.45, 7) is 5.67. The predicted octanol–water partition coefficient (Wildman–Crippen LogP) is 6.72. The molecule has 0 aliphatic carbocycles. The lowest BCUT2D eigenvalue weighted by molar-refractivity contribution is -0.227. The Morgan fingerprint density at radius 2 is 1.62 bits per heavy atom. The first-order chi connectivity index (χ1) is 16.6. The maximum atomic E-state index is 14.5. The van der Waals surface area contributed by atoms with E-state index in [4.69, 9.17) is 18.9 Å². The average molecular weight is 475 g/mol. The molecule has 6 heteroatoms. The molecule has 2 saturated heterocycles. The molecule has 0 amide bonds. The summed E-state index contributed by atoms with van der Waals surface area (Å²) in [5, 5.41) is 0. The van der Waals surface area contributed by atoms with E-state index in [1.54, 1.807) is 6.92 Å². The van der Waals surface area contributed by atoms with Gasteiger partial charge in [0.05, 0.1) is 32.5 Å². The molecule has 0 radical (unpaired) electrons. The number of unbranched alkanes of at least 4 members (excludes halogenated alkanes) is 2. The Morgan fingerprint density at radius 3 is 2.26 bits per heavy atom. The van der Waals surface area contributed by atoms with Gasteiger partial charge in [0.15, 0.2) is 17.9 Å². The number of rotatable bonds is 9. The molecule has 2 atom stereocenters. The second kappa shape index (κ2) is 12.1. The van der Waals surface area contributed by atoms with Crippen molar-refractivity contribution in [3.8, 4) is 5.75 Å². The van der Waals surface area contributed by atoms with Crippen LogP contribution in [0.1, 0.15) is 74.8 Å². The van der Waals surface area contributed by atoms with Crippen molar-refractivity contribution in [1.82, 2.24) is 0 Å². The van der Waals surface area contributed by atoms with E-state index < -0.39 is 17.9 Å². The standard InChI is InChI=1S/C28H36F2O4/c1-3-5-6-7-19-8-10-20(11-9-19)21-12-14-24(32-16-21)22-17-33-28(34-18-22)23-13-15-25(31-4-2)27(30)26(23)29/h8-11,13,15,21-22,24,28H,3-7,12,14,16-18H2,1-2H3. The van der Waals surface area contributed by atoms with E-state index in [1.165, 1.54) is 42.5 Å². The van der Waals surface area contributed by atoms with Crippen LogP contribution in [0.2, 0.25) is 0 Å². The highest BCUT2D eigenvalue weighted by molar-refractivity contribution is 5.32. The van der Waals surface area contributed by atoms with Crippen LogP contribution in [0.5, 0.6) is 5.75 Å². The lowest BCUT2D eigenvalue weighted by atomic mass is 9.87. The predicted molar refractivity (Wildman–Crippen MR) is 127 cm³/mol. The Morgan fingerprint density at radius 1 is 0.853 bits per heavy atom. The van der Waals surface area contributed by atoms with E-state index >= 15 is 0 Å². The molecule has 2 aliphatic heterocycles. The second-order valence-corrected chi connectivity index (χ2v) is 9.32. The normalized spacial score (nSPS) is 25.3. The fraction of sp³-hybridized carbons (Fsp3) is 0.571. The van der Waals surface area contributed by atoms with Gasteiger partial charge in [0.25, 0.3) is 0 Å². The Bertz CT molecular complexity index is 901. The summed E-state index contributed by atoms with van der Waals surface area (Å²) < 4.78 is 51.6. The number of ether oxygens (including phenoxy) is 4. The molecule has 2 aromatic rings. The number of benzene rings is 2. The van der Waals surface area contributed by atoms with Gasteiger partial charge in [-0.2, -0.15) is 4.39 Å². The maximum Gasteiger partial charge on any atom is 0.201 e. The van der Waals surface area contributed by atoms with Crippen LogP contribution in [0.15, 0.2) is 36.4 Å². The number of aryl methyl sites for hydroxylation is 1. The average Bonchev–Trinajstić information content (AvgIpc) is 2.88. The third kappa shape index (κ3) is 5.96. The van der Waals surface area contributed by atoms with Crippen molar-refractivity contribution in [2.75, 3.05) is 26.4 Å². The fourth-order valence-corrected chi connectivity index (χ4v) is 4.85. The van der Waals surface area contributed by atoms with Crippen LogP contribution in [-0.2, 0) is 20.6 Å². The molecule has 4 nitrogen and oxygen atoms in total. The van der Waals surface area contributed by atoms with Gasteiger partial charge in [-0.15, -0.1) is 0 Å². The van der Waals surface area contributed by atoms with Crippen LogP contribution in [0.4, 0.5) is 8.78 Å². The molecule has 0 saturated carbocycles. The summed E-state index contributed by atoms with van der Waals surface area (Å²) in [4.78, 5) is 0. The third-order valence-corrected chi connectivity index (χ3v) is 6.91. The van der Waals surface area contributed by atoms with E-state index in [9.17, 15) is 8.78 Å². The van der Waals surface area contributed by atoms with Crippen molar-refractivity contribution in [3.05, 3.63) is 64.7 Å². The molecule has 0 N–H and O–H groups in total. The van der Waals surface area contributed by atoms with Gasteiger partial charge in [0.1, 0.15) is 0 Å². The summed E-state index contributed by atoms with van der Waals surface area (Å²) in [6, 6.07) is 11.9. The first-order valence-electron chi connectivity index (χ1n) is 12.6. The maximum absolute atomic E-state index is 14.5. The smallest absolute Gasteiger partial charge is 0.201 e. The quantitative estimate of drug-likeness (QED) is 0.378. The van der Waals surface area contributed by atoms with Gasteiger partial charge in [-0.1, -0.05) is 44.0 Å². The minimum atomic E-state index is -1.01. The van der Waals surface area contributed by atoms with Gasteiger partial charge in [-0.05, 0) is 55.9 Å². The highest BCUT2D eigenvalue weighted by Gasteiger charge is 2.35. The minimum absolute atomic E-state index is 0.0485. The van der Waals surface area contributed by atoms with Crippen LogP contribution in [0.3, 0.4) is 0 Å². The highest BCUT2D eigenvalue weighted by Crippen LogP contribution is 2.36. The first-order valence-corrected chi connectivity index (χ1v) is 12.6. The third-order valence-electron chi connectivity index (χ3n) is 6.91. The van der Waals surface area contributed by atoms with Gasteiger partial charge in [0, 0.05) is 17.4 Å². The number of hydrogen-bond acceptors (Lipinski definition) is 4. The van der Waals surface area contributed by atoms with E-state index in [0.29, 0.717) is 25.7 Å². The molecule has 2 heterocycles. The van der Waals surface area contributed by atoms with Crippen molar-refractivity contribution in [2.24, 2.45) is 5.92 Å². The zero-order valence-electron chi connectivity index (χ0n) is 20.2. The van der Waals surface area contributed by atoms with Crippen molar-refractivity contribution >= 4 is 0 Å². The Balaban J connectivity index is 1.25. The SMILES string of the molecule is CCCCCc1ccc(C2CCC(C3COC(c4ccc(OCC)c(F)c4F)OC3)OC2)cc1. The summed E-state index contributed by atoms with van der Waals surface area (Å²) in [5.41, 5.74) is 2.80. The van der Waals surface area contributed by atoms with Crippen molar-refractivity contribution < 1.29 is 27.7 Å². The van der Waals surface area contributed by atoms with Crippen LogP contribution in [0, 0.1) is 17.6 Å². The van der Waals surface area contributed by atoms with Gasteiger partial charge in [0.2, 0.25) is 5.82 Å². The molecular weight excluding hydrogens is 438 g/mol. The summed E-state index contributed by atoms with van der Waals surface area (Å²) in [6.07, 6.45) is 6.02. The summed E-state index contributed by atoms with van der Waals surface area (Å²) >= 11 is 0. The Labute approximate surface area is 201 Å². The molecule has 34 heavy (non-hydrogen) atoms. The van der Waals surface area contributed by atoms with Gasteiger partial charge < -0.3 is 18.9 Å². The molecule has 2 fully saturated rings. The first kappa shape index (κ1) is 25.1. The van der Waals surface area contributed by atoms with Crippen molar-refractivity contribution in [2.45, 2.75) is 70.7 Å². The number of hydrogen-bond donors (Lipinski definition) is 0. The van der Waals surface area contributed by atoms with Crippen molar-refractivity contribution in [3.63, 3.8) is 0 Å². The topological polar surface area (TPSA) is 36.9 Å². The van der Waals surface area contributed by atoms with Crippen LogP contribution < -0.4 is 4.74 Å². The van der Waals surface area contributed by atoms with E-state index in [0.717, 1.165) is 19.3 Å². The number of halogens is 2. The van der Waals surface area contributed by atoms with Crippen LogP contribution in [-0.4, -0.2) is 32.5 Å². The Hall–Kier alpha value is -2.02. The molecular formula is C28H36F2O4. The van der Waals surface area contributed by atoms with Crippen LogP contribution >= 0.6 is 0 Å². The van der Waals surface area contributed by atoms with Crippen LogP contribution in [0.25, 0.3) is 0 Å². The lowest BCUT2D eigenvalue weighted by Crippen LogP contribution is -2.40. The summed E-state index contributed by atoms with van der Waals surface area (Å²) in [5.74, 6) is -1.62. The minimum Gasteiger partial charge on any atom is -0.491 e. The van der Waals surface area contributed by atoms with E-state index in [2.05, 4.69) is 31.2 Å². The molecule has 2 aliphatic rings. The van der Waals surface area contributed by atoms with E-state index in [-0.39, 0.29) is 29.9 Å². The largest absolute Gasteiger partial charge is 0.491 e. The highest BCUT2D eigenvalue weighted by atomic mass is 19.2. The molecule has 0 aromatic heterocycles. The van der Waals surface area contributed by atoms with Gasteiger partial charge >= 0.3 is 0 Å². The molecule has 186 valence electrons. The lowest BCUT2D eigenvalue weighted by Gasteiger charge is -2.38. The molecule has 0 bridgehead atoms. The molecule has 4 rings (SSSR count). The Kier molecular flexibility index (Phi) is 8.92. The van der Waals surface area contributed by atoms with E-state index in [1.807, 2.05) is 0 Å². The van der Waals surface area contributed by atoms with Gasteiger partial charge in [-0.25, -0.2) is 4.39 Å². The molecule has 2 aromatic carbocycles. The molecule has 2 unspecified atom stereocenters.